The van der Waals surface area contributed by atoms with Crippen LogP contribution in [-0.4, -0.2) is 23.2 Å². The fraction of sp³-hybridized carbons (Fsp3) is 0.286. The van der Waals surface area contributed by atoms with Crippen LogP contribution in [0.2, 0.25) is 0 Å². The molecule has 184 valence electrons. The number of benzene rings is 3. The van der Waals surface area contributed by atoms with Crippen LogP contribution in [0.1, 0.15) is 42.2 Å². The lowest BCUT2D eigenvalue weighted by molar-refractivity contribution is 0.161. The molecular formula is C28H29ClF2N2O2. The molecular weight excluding hydrogens is 470 g/mol. The van der Waals surface area contributed by atoms with Crippen molar-refractivity contribution >= 4 is 23.3 Å². The number of fused-ring (bicyclic) bond motifs is 3. The number of ether oxygens (including phenoxy) is 1. The van der Waals surface area contributed by atoms with E-state index in [0.717, 1.165) is 58.3 Å². The van der Waals surface area contributed by atoms with Gasteiger partial charge in [0, 0.05) is 30.1 Å². The number of methoxy groups -OCH3 is 1. The van der Waals surface area contributed by atoms with Gasteiger partial charge in [0.05, 0.1) is 18.7 Å². The van der Waals surface area contributed by atoms with Gasteiger partial charge in [-0.05, 0) is 71.8 Å². The van der Waals surface area contributed by atoms with Crippen molar-refractivity contribution in [1.29, 1.82) is 0 Å². The van der Waals surface area contributed by atoms with Crippen LogP contribution >= 0.6 is 12.4 Å². The van der Waals surface area contributed by atoms with E-state index >= 15 is 0 Å². The Kier molecular flexibility index (Phi) is 7.75. The summed E-state index contributed by atoms with van der Waals surface area (Å²) in [5.74, 6) is 0.232. The van der Waals surface area contributed by atoms with Gasteiger partial charge >= 0.3 is 0 Å². The quantitative estimate of drug-likeness (QED) is 0.274. The predicted molar refractivity (Wildman–Crippen MR) is 137 cm³/mol. The SMILES string of the molecule is COc1ccc(-c2ccc(F)c3[nH]c4c(c23)CNC(CCCC(O)c2ccc(F)cc2)C4)cc1.Cl. The lowest BCUT2D eigenvalue weighted by atomic mass is 9.93. The van der Waals surface area contributed by atoms with E-state index in [9.17, 15) is 13.9 Å². The first-order chi connectivity index (χ1) is 16.5. The number of halogens is 3. The highest BCUT2D eigenvalue weighted by molar-refractivity contribution is 5.99. The molecule has 0 saturated heterocycles. The van der Waals surface area contributed by atoms with Crippen molar-refractivity contribution in [2.24, 2.45) is 0 Å². The summed E-state index contributed by atoms with van der Waals surface area (Å²) in [6.07, 6.45) is 2.50. The lowest BCUT2D eigenvalue weighted by Gasteiger charge is -2.25. The van der Waals surface area contributed by atoms with Crippen molar-refractivity contribution < 1.29 is 18.6 Å². The number of hydrogen-bond donors (Lipinski definition) is 3. The molecule has 35 heavy (non-hydrogen) atoms. The highest BCUT2D eigenvalue weighted by atomic mass is 35.5. The molecule has 3 N–H and O–H groups in total. The van der Waals surface area contributed by atoms with Gasteiger partial charge < -0.3 is 20.1 Å². The summed E-state index contributed by atoms with van der Waals surface area (Å²) in [4.78, 5) is 3.35. The average Bonchev–Trinajstić information content (AvgIpc) is 3.24. The molecule has 4 nitrogen and oxygen atoms in total. The Morgan fingerprint density at radius 1 is 1.03 bits per heavy atom. The van der Waals surface area contributed by atoms with Crippen LogP contribution in [-0.2, 0) is 13.0 Å². The third-order valence-corrected chi connectivity index (χ3v) is 6.80. The number of aliphatic hydroxyl groups excluding tert-OH is 1. The maximum Gasteiger partial charge on any atom is 0.147 e. The van der Waals surface area contributed by atoms with Gasteiger partial charge in [0.1, 0.15) is 17.4 Å². The van der Waals surface area contributed by atoms with Crippen molar-refractivity contribution in [3.63, 3.8) is 0 Å². The van der Waals surface area contributed by atoms with Crippen molar-refractivity contribution in [3.05, 3.63) is 89.1 Å². The molecule has 5 rings (SSSR count). The molecule has 0 fully saturated rings. The lowest BCUT2D eigenvalue weighted by Crippen LogP contribution is -2.35. The maximum absolute atomic E-state index is 14.7. The molecule has 2 heterocycles. The Balaban J connectivity index is 0.00000289. The molecule has 1 aliphatic rings. The summed E-state index contributed by atoms with van der Waals surface area (Å²) in [7, 11) is 1.64. The van der Waals surface area contributed by atoms with Crippen molar-refractivity contribution in [2.45, 2.75) is 44.4 Å². The van der Waals surface area contributed by atoms with Gasteiger partial charge in [-0.25, -0.2) is 8.78 Å². The molecule has 2 unspecified atom stereocenters. The van der Waals surface area contributed by atoms with Crippen LogP contribution in [0, 0.1) is 11.6 Å². The molecule has 1 aliphatic heterocycles. The molecule has 0 radical (unpaired) electrons. The zero-order valence-corrected chi connectivity index (χ0v) is 20.3. The zero-order valence-electron chi connectivity index (χ0n) is 19.5. The van der Waals surface area contributed by atoms with Gasteiger partial charge in [0.2, 0.25) is 0 Å². The van der Waals surface area contributed by atoms with E-state index in [1.807, 2.05) is 30.3 Å². The van der Waals surface area contributed by atoms with E-state index < -0.39 is 6.10 Å². The Morgan fingerprint density at radius 3 is 2.49 bits per heavy atom. The van der Waals surface area contributed by atoms with Crippen LogP contribution in [0.5, 0.6) is 5.75 Å². The third kappa shape index (κ3) is 5.20. The van der Waals surface area contributed by atoms with E-state index in [2.05, 4.69) is 10.3 Å². The second kappa shape index (κ2) is 10.8. The third-order valence-electron chi connectivity index (χ3n) is 6.80. The number of rotatable bonds is 7. The summed E-state index contributed by atoms with van der Waals surface area (Å²) in [5, 5.41) is 14.9. The summed E-state index contributed by atoms with van der Waals surface area (Å²) >= 11 is 0. The molecule has 0 amide bonds. The largest absolute Gasteiger partial charge is 0.497 e. The molecule has 3 aromatic carbocycles. The first kappa shape index (κ1) is 25.2. The summed E-state index contributed by atoms with van der Waals surface area (Å²) in [5.41, 5.74) is 5.48. The van der Waals surface area contributed by atoms with Crippen LogP contribution in [0.25, 0.3) is 22.0 Å². The Bertz CT molecular complexity index is 1290. The second-order valence-corrected chi connectivity index (χ2v) is 8.94. The fourth-order valence-electron chi connectivity index (χ4n) is 4.95. The van der Waals surface area contributed by atoms with E-state index in [1.165, 1.54) is 18.2 Å². The minimum absolute atomic E-state index is 0. The van der Waals surface area contributed by atoms with Gasteiger partial charge in [-0.1, -0.05) is 30.3 Å². The standard InChI is InChI=1S/C28H28F2N2O2.ClH/c1-34-21-11-7-17(8-12-21)22-13-14-24(30)28-27(22)23-16-31-20(15-25(23)32-28)3-2-4-26(33)18-5-9-19(29)10-6-18;/h5-14,20,26,31-33H,2-4,15-16H2,1H3;1H. The van der Waals surface area contributed by atoms with E-state index in [4.69, 9.17) is 4.74 Å². The van der Waals surface area contributed by atoms with Gasteiger partial charge in [-0.15, -0.1) is 12.4 Å². The molecule has 7 heteroatoms. The van der Waals surface area contributed by atoms with E-state index in [-0.39, 0.29) is 30.1 Å². The first-order valence-electron chi connectivity index (χ1n) is 11.7. The highest BCUT2D eigenvalue weighted by Crippen LogP contribution is 2.37. The summed E-state index contributed by atoms with van der Waals surface area (Å²) in [6, 6.07) is 17.4. The number of H-pyrrole nitrogens is 1. The Morgan fingerprint density at radius 2 is 1.77 bits per heavy atom. The highest BCUT2D eigenvalue weighted by Gasteiger charge is 2.25. The topological polar surface area (TPSA) is 57.3 Å². The van der Waals surface area contributed by atoms with Gasteiger partial charge in [-0.3, -0.25) is 0 Å². The van der Waals surface area contributed by atoms with Crippen LogP contribution < -0.4 is 10.1 Å². The van der Waals surface area contributed by atoms with E-state index in [1.54, 1.807) is 19.2 Å². The molecule has 0 bridgehead atoms. The predicted octanol–water partition coefficient (Wildman–Crippen LogP) is 6.46. The molecule has 0 saturated carbocycles. The van der Waals surface area contributed by atoms with E-state index in [0.29, 0.717) is 18.5 Å². The Labute approximate surface area is 209 Å². The molecule has 2 atom stereocenters. The normalized spacial score (nSPS) is 15.9. The monoisotopic (exact) mass is 498 g/mol. The zero-order chi connectivity index (χ0) is 23.7. The van der Waals surface area contributed by atoms with Crippen molar-refractivity contribution in [3.8, 4) is 16.9 Å². The van der Waals surface area contributed by atoms with Gasteiger partial charge in [0.25, 0.3) is 0 Å². The van der Waals surface area contributed by atoms with Crippen LogP contribution in [0.15, 0.2) is 60.7 Å². The smallest absolute Gasteiger partial charge is 0.147 e. The minimum Gasteiger partial charge on any atom is -0.497 e. The van der Waals surface area contributed by atoms with Crippen LogP contribution in [0.4, 0.5) is 8.78 Å². The first-order valence-corrected chi connectivity index (χ1v) is 11.7. The molecule has 0 aliphatic carbocycles. The maximum atomic E-state index is 14.7. The number of hydrogen-bond acceptors (Lipinski definition) is 3. The number of aromatic nitrogens is 1. The van der Waals surface area contributed by atoms with Gasteiger partial charge in [-0.2, -0.15) is 0 Å². The molecule has 1 aromatic heterocycles. The average molecular weight is 499 g/mol. The van der Waals surface area contributed by atoms with Gasteiger partial charge in [0.15, 0.2) is 0 Å². The molecule has 4 aromatic rings. The second-order valence-electron chi connectivity index (χ2n) is 8.94. The minimum atomic E-state index is -0.603. The van der Waals surface area contributed by atoms with Crippen molar-refractivity contribution in [2.75, 3.05) is 7.11 Å². The van der Waals surface area contributed by atoms with Crippen molar-refractivity contribution in [1.82, 2.24) is 10.3 Å². The summed E-state index contributed by atoms with van der Waals surface area (Å²) in [6.45, 7) is 0.660. The number of nitrogens with one attached hydrogen (secondary N) is 2. The number of aromatic amines is 1. The summed E-state index contributed by atoms with van der Waals surface area (Å²) < 4.78 is 33.1. The van der Waals surface area contributed by atoms with Crippen LogP contribution in [0.3, 0.4) is 0 Å². The Hall–Kier alpha value is -2.93. The number of aliphatic hydroxyl groups is 1. The molecule has 0 spiro atoms. The fourth-order valence-corrected chi connectivity index (χ4v) is 4.95.